The number of unbranched alkanes of at least 4 members (excludes halogenated alkanes) is 3. The minimum atomic E-state index is 0.466. The van der Waals surface area contributed by atoms with Crippen LogP contribution in [0.4, 0.5) is 0 Å². The summed E-state index contributed by atoms with van der Waals surface area (Å²) in [6.07, 6.45) is 12.0. The van der Waals surface area contributed by atoms with Crippen molar-refractivity contribution in [3.8, 4) is 0 Å². The Morgan fingerprint density at radius 1 is 1.29 bits per heavy atom. The second kappa shape index (κ2) is 11.2. The lowest BCUT2D eigenvalue weighted by Crippen LogP contribution is -2.42. The van der Waals surface area contributed by atoms with Gasteiger partial charge in [-0.1, -0.05) is 32.6 Å². The second-order valence-electron chi connectivity index (χ2n) is 5.46. The summed E-state index contributed by atoms with van der Waals surface area (Å²) in [6, 6.07) is 0.466. The van der Waals surface area contributed by atoms with E-state index in [9.17, 15) is 0 Å². The Labute approximate surface area is 129 Å². The van der Waals surface area contributed by atoms with Gasteiger partial charge in [-0.15, -0.1) is 0 Å². The molecular weight excluding hydrogens is 262 g/mol. The quantitative estimate of drug-likeness (QED) is 0.396. The molecule has 0 spiro atoms. The van der Waals surface area contributed by atoms with Gasteiger partial charge in [0.15, 0.2) is 5.96 Å². The van der Waals surface area contributed by atoms with Crippen molar-refractivity contribution in [3.63, 3.8) is 0 Å². The highest BCUT2D eigenvalue weighted by molar-refractivity contribution is 5.79. The Hall–Kier alpha value is -1.52. The fraction of sp³-hybridized carbons (Fsp3) is 0.750. The molecule has 0 amide bonds. The van der Waals surface area contributed by atoms with Gasteiger partial charge in [0.25, 0.3) is 0 Å². The molecule has 0 saturated carbocycles. The van der Waals surface area contributed by atoms with Crippen LogP contribution in [0.15, 0.2) is 23.7 Å². The van der Waals surface area contributed by atoms with Gasteiger partial charge in [-0.3, -0.25) is 4.99 Å². The molecule has 0 aromatic carbocycles. The summed E-state index contributed by atoms with van der Waals surface area (Å²) in [5.41, 5.74) is 0. The number of rotatable bonds is 10. The van der Waals surface area contributed by atoms with Crippen LogP contribution in [0.1, 0.15) is 52.9 Å². The van der Waals surface area contributed by atoms with Crippen molar-refractivity contribution in [2.45, 2.75) is 65.5 Å². The van der Waals surface area contributed by atoms with Gasteiger partial charge in [0.2, 0.25) is 0 Å². The molecule has 120 valence electrons. The summed E-state index contributed by atoms with van der Waals surface area (Å²) in [4.78, 5) is 8.66. The van der Waals surface area contributed by atoms with Gasteiger partial charge in [0, 0.05) is 31.5 Å². The normalized spacial score (nSPS) is 13.2. The Morgan fingerprint density at radius 2 is 2.14 bits per heavy atom. The van der Waals surface area contributed by atoms with E-state index in [0.29, 0.717) is 6.04 Å². The van der Waals surface area contributed by atoms with Crippen LogP contribution in [-0.2, 0) is 6.54 Å². The van der Waals surface area contributed by atoms with E-state index in [1.165, 1.54) is 32.1 Å². The van der Waals surface area contributed by atoms with Crippen molar-refractivity contribution < 1.29 is 0 Å². The highest BCUT2D eigenvalue weighted by atomic mass is 15.2. The number of hydrogen-bond donors (Lipinski definition) is 2. The van der Waals surface area contributed by atoms with Crippen LogP contribution >= 0.6 is 0 Å². The van der Waals surface area contributed by atoms with Crippen LogP contribution < -0.4 is 10.6 Å². The van der Waals surface area contributed by atoms with Crippen LogP contribution in [0.3, 0.4) is 0 Å². The van der Waals surface area contributed by atoms with Crippen LogP contribution in [0.2, 0.25) is 0 Å². The highest BCUT2D eigenvalue weighted by Crippen LogP contribution is 2.05. The van der Waals surface area contributed by atoms with E-state index in [-0.39, 0.29) is 0 Å². The number of imidazole rings is 1. The van der Waals surface area contributed by atoms with Crippen LogP contribution in [0.5, 0.6) is 0 Å². The Morgan fingerprint density at radius 3 is 2.81 bits per heavy atom. The predicted molar refractivity (Wildman–Crippen MR) is 89.6 cm³/mol. The first kappa shape index (κ1) is 17.5. The first-order chi connectivity index (χ1) is 10.3. The molecule has 5 nitrogen and oxygen atoms in total. The van der Waals surface area contributed by atoms with Gasteiger partial charge >= 0.3 is 0 Å². The fourth-order valence-corrected chi connectivity index (χ4v) is 2.20. The van der Waals surface area contributed by atoms with E-state index in [1.807, 2.05) is 17.1 Å². The lowest BCUT2D eigenvalue weighted by molar-refractivity contribution is 0.536. The highest BCUT2D eigenvalue weighted by Gasteiger charge is 2.04. The molecule has 0 aliphatic carbocycles. The molecule has 0 radical (unpaired) electrons. The summed E-state index contributed by atoms with van der Waals surface area (Å²) in [5.74, 6) is 0.917. The monoisotopic (exact) mass is 293 g/mol. The molecule has 0 fully saturated rings. The van der Waals surface area contributed by atoms with Gasteiger partial charge in [0.1, 0.15) is 0 Å². The Kier molecular flexibility index (Phi) is 9.33. The van der Waals surface area contributed by atoms with Crippen molar-refractivity contribution in [3.05, 3.63) is 18.7 Å². The number of aliphatic imine (C=N–C) groups is 1. The maximum atomic E-state index is 4.62. The zero-order valence-corrected chi connectivity index (χ0v) is 13.8. The molecule has 1 heterocycles. The first-order valence-corrected chi connectivity index (χ1v) is 8.26. The number of nitrogens with zero attached hydrogens (tertiary/aromatic N) is 3. The molecule has 0 bridgehead atoms. The summed E-state index contributed by atoms with van der Waals surface area (Å²) in [7, 11) is 0. The minimum Gasteiger partial charge on any atom is -0.357 e. The molecule has 0 aliphatic heterocycles. The number of aromatic nitrogens is 2. The van der Waals surface area contributed by atoms with E-state index >= 15 is 0 Å². The van der Waals surface area contributed by atoms with Crippen molar-refractivity contribution in [1.29, 1.82) is 0 Å². The largest absolute Gasteiger partial charge is 0.357 e. The molecular formula is C16H31N5. The van der Waals surface area contributed by atoms with Crippen molar-refractivity contribution in [2.75, 3.05) is 13.1 Å². The van der Waals surface area contributed by atoms with Gasteiger partial charge in [-0.25, -0.2) is 4.98 Å². The molecule has 1 unspecified atom stereocenters. The van der Waals surface area contributed by atoms with Gasteiger partial charge in [-0.2, -0.15) is 0 Å². The second-order valence-corrected chi connectivity index (χ2v) is 5.46. The molecule has 0 saturated heterocycles. The molecule has 5 heteroatoms. The molecule has 2 N–H and O–H groups in total. The minimum absolute atomic E-state index is 0.466. The van der Waals surface area contributed by atoms with Crippen LogP contribution in [-0.4, -0.2) is 34.6 Å². The maximum Gasteiger partial charge on any atom is 0.191 e. The van der Waals surface area contributed by atoms with E-state index in [4.69, 9.17) is 0 Å². The van der Waals surface area contributed by atoms with Gasteiger partial charge < -0.3 is 15.2 Å². The van der Waals surface area contributed by atoms with Crippen LogP contribution in [0, 0.1) is 0 Å². The predicted octanol–water partition coefficient (Wildman–Crippen LogP) is 2.80. The third-order valence-corrected chi connectivity index (χ3v) is 3.41. The topological polar surface area (TPSA) is 54.2 Å². The van der Waals surface area contributed by atoms with E-state index < -0.39 is 0 Å². The molecule has 1 aromatic heterocycles. The summed E-state index contributed by atoms with van der Waals surface area (Å²) in [6.45, 7) is 9.08. The SMILES string of the molecule is CCCCCCC(C)NC(=NCCn1ccnc1)NCC. The molecule has 1 rings (SSSR count). The zero-order chi connectivity index (χ0) is 15.3. The zero-order valence-electron chi connectivity index (χ0n) is 13.8. The molecule has 1 aromatic rings. The maximum absolute atomic E-state index is 4.62. The Bertz CT molecular complexity index is 372. The molecule has 0 aliphatic rings. The van der Waals surface area contributed by atoms with Gasteiger partial charge in [0.05, 0.1) is 12.9 Å². The smallest absolute Gasteiger partial charge is 0.191 e. The summed E-state index contributed by atoms with van der Waals surface area (Å²) in [5, 5.41) is 6.80. The summed E-state index contributed by atoms with van der Waals surface area (Å²) < 4.78 is 2.04. The van der Waals surface area contributed by atoms with Crippen molar-refractivity contribution >= 4 is 5.96 Å². The van der Waals surface area contributed by atoms with E-state index in [1.54, 1.807) is 6.20 Å². The lowest BCUT2D eigenvalue weighted by atomic mass is 10.1. The van der Waals surface area contributed by atoms with Crippen molar-refractivity contribution in [1.82, 2.24) is 20.2 Å². The van der Waals surface area contributed by atoms with Gasteiger partial charge in [-0.05, 0) is 20.3 Å². The molecule has 21 heavy (non-hydrogen) atoms. The fourth-order valence-electron chi connectivity index (χ4n) is 2.20. The van der Waals surface area contributed by atoms with E-state index in [2.05, 4.69) is 41.4 Å². The molecule has 1 atom stereocenters. The number of guanidine groups is 1. The standard InChI is InChI=1S/C16H31N5/c1-4-6-7-8-9-15(3)20-16(18-5-2)19-11-13-21-12-10-17-14-21/h10,12,14-15H,4-9,11,13H2,1-3H3,(H2,18,19,20). The number of nitrogens with one attached hydrogen (secondary N) is 2. The number of hydrogen-bond acceptors (Lipinski definition) is 2. The average Bonchev–Trinajstić information content (AvgIpc) is 2.97. The third kappa shape index (κ3) is 8.38. The van der Waals surface area contributed by atoms with E-state index in [0.717, 1.165) is 25.6 Å². The Balaban J connectivity index is 2.30. The average molecular weight is 293 g/mol. The summed E-state index contributed by atoms with van der Waals surface area (Å²) >= 11 is 0. The van der Waals surface area contributed by atoms with Crippen LogP contribution in [0.25, 0.3) is 0 Å². The lowest BCUT2D eigenvalue weighted by Gasteiger charge is -2.17. The first-order valence-electron chi connectivity index (χ1n) is 8.26. The third-order valence-electron chi connectivity index (χ3n) is 3.41. The van der Waals surface area contributed by atoms with Crippen molar-refractivity contribution in [2.24, 2.45) is 4.99 Å².